The van der Waals surface area contributed by atoms with E-state index in [4.69, 9.17) is 9.47 Å². The van der Waals surface area contributed by atoms with E-state index in [1.165, 1.54) is 23.1 Å². The lowest BCUT2D eigenvalue weighted by atomic mass is 10.3. The molecule has 2 heterocycles. The summed E-state index contributed by atoms with van der Waals surface area (Å²) >= 11 is 2.40. The number of aromatic nitrogens is 4. The lowest BCUT2D eigenvalue weighted by Gasteiger charge is -2.05. The molecular formula is C18H19N5O4S2. The van der Waals surface area contributed by atoms with Gasteiger partial charge < -0.3 is 14.8 Å². The monoisotopic (exact) mass is 433 g/mol. The number of thioether (sulfide) groups is 1. The fourth-order valence-corrected chi connectivity index (χ4v) is 4.07. The molecule has 0 atom stereocenters. The Morgan fingerprint density at radius 3 is 2.72 bits per heavy atom. The van der Waals surface area contributed by atoms with Gasteiger partial charge in [0.2, 0.25) is 11.1 Å². The van der Waals surface area contributed by atoms with Crippen molar-refractivity contribution in [2.45, 2.75) is 19.0 Å². The fourth-order valence-electron chi connectivity index (χ4n) is 2.40. The second-order valence-corrected chi connectivity index (χ2v) is 7.75. The van der Waals surface area contributed by atoms with Crippen molar-refractivity contribution in [3.8, 4) is 11.4 Å². The van der Waals surface area contributed by atoms with E-state index in [0.717, 1.165) is 17.0 Å². The van der Waals surface area contributed by atoms with E-state index in [-0.39, 0.29) is 17.6 Å². The van der Waals surface area contributed by atoms with Crippen LogP contribution in [0.4, 0.5) is 5.00 Å². The van der Waals surface area contributed by atoms with Crippen LogP contribution in [-0.2, 0) is 9.53 Å². The number of aryl methyl sites for hydroxylation is 1. The first kappa shape index (κ1) is 20.8. The van der Waals surface area contributed by atoms with Crippen LogP contribution in [0.5, 0.6) is 5.75 Å². The number of hydrogen-bond acceptors (Lipinski definition) is 9. The maximum absolute atomic E-state index is 12.3. The number of anilines is 1. The van der Waals surface area contributed by atoms with Gasteiger partial charge in [-0.1, -0.05) is 11.8 Å². The normalized spacial score (nSPS) is 10.6. The highest BCUT2D eigenvalue weighted by Gasteiger charge is 2.17. The van der Waals surface area contributed by atoms with Crippen LogP contribution in [0.15, 0.2) is 35.5 Å². The van der Waals surface area contributed by atoms with Crippen molar-refractivity contribution < 1.29 is 19.1 Å². The second-order valence-electron chi connectivity index (χ2n) is 5.75. The molecule has 0 radical (unpaired) electrons. The molecule has 0 fully saturated rings. The molecule has 0 aliphatic heterocycles. The smallest absolute Gasteiger partial charge is 0.348 e. The number of thiophene rings is 1. The maximum Gasteiger partial charge on any atom is 0.348 e. The van der Waals surface area contributed by atoms with Gasteiger partial charge in [-0.25, -0.2) is 4.79 Å². The van der Waals surface area contributed by atoms with Crippen molar-refractivity contribution in [1.29, 1.82) is 0 Å². The predicted octanol–water partition coefficient (Wildman–Crippen LogP) is 2.95. The van der Waals surface area contributed by atoms with E-state index >= 15 is 0 Å². The zero-order chi connectivity index (χ0) is 20.8. The Morgan fingerprint density at radius 2 is 2.03 bits per heavy atom. The third-order valence-electron chi connectivity index (χ3n) is 3.73. The lowest BCUT2D eigenvalue weighted by Crippen LogP contribution is -2.13. The number of benzene rings is 1. The molecule has 152 valence electrons. The summed E-state index contributed by atoms with van der Waals surface area (Å²) in [7, 11) is 1.59. The molecule has 29 heavy (non-hydrogen) atoms. The van der Waals surface area contributed by atoms with Crippen molar-refractivity contribution in [2.75, 3.05) is 24.8 Å². The van der Waals surface area contributed by atoms with Crippen LogP contribution < -0.4 is 10.1 Å². The van der Waals surface area contributed by atoms with Crippen molar-refractivity contribution in [2.24, 2.45) is 0 Å². The van der Waals surface area contributed by atoms with E-state index < -0.39 is 0 Å². The van der Waals surface area contributed by atoms with Crippen LogP contribution in [0.1, 0.15) is 22.2 Å². The zero-order valence-electron chi connectivity index (χ0n) is 16.0. The van der Waals surface area contributed by atoms with E-state index in [2.05, 4.69) is 20.8 Å². The number of ether oxygens (including phenoxy) is 2. The van der Waals surface area contributed by atoms with Gasteiger partial charge >= 0.3 is 5.97 Å². The van der Waals surface area contributed by atoms with E-state index in [0.29, 0.717) is 21.6 Å². The van der Waals surface area contributed by atoms with Gasteiger partial charge in [0, 0.05) is 0 Å². The van der Waals surface area contributed by atoms with Crippen molar-refractivity contribution >= 4 is 40.0 Å². The Labute approximate surface area is 175 Å². The lowest BCUT2D eigenvalue weighted by molar-refractivity contribution is -0.113. The molecule has 0 aliphatic carbocycles. The van der Waals surface area contributed by atoms with Gasteiger partial charge in [-0.15, -0.1) is 16.4 Å². The van der Waals surface area contributed by atoms with Crippen molar-refractivity contribution in [1.82, 2.24) is 20.2 Å². The highest BCUT2D eigenvalue weighted by molar-refractivity contribution is 7.99. The number of amides is 1. The number of nitrogens with zero attached hydrogens (tertiary/aromatic N) is 4. The molecule has 0 aliphatic rings. The van der Waals surface area contributed by atoms with Crippen LogP contribution in [0.2, 0.25) is 0 Å². The Balaban J connectivity index is 1.61. The first-order chi connectivity index (χ1) is 14.0. The third kappa shape index (κ3) is 5.12. The van der Waals surface area contributed by atoms with Crippen LogP contribution >= 0.6 is 23.1 Å². The summed E-state index contributed by atoms with van der Waals surface area (Å²) in [4.78, 5) is 24.7. The Hall–Kier alpha value is -2.92. The Morgan fingerprint density at radius 1 is 1.28 bits per heavy atom. The average Bonchev–Trinajstić information content (AvgIpc) is 3.33. The molecule has 1 amide bonds. The predicted molar refractivity (Wildman–Crippen MR) is 110 cm³/mol. The standard InChI is InChI=1S/C18H19N5O4S2/c1-4-27-17(25)16-11(2)9-15(29-16)19-14(24)10-28-18-20-21-22-23(18)12-5-7-13(26-3)8-6-12/h5-9H,4,10H2,1-3H3,(H,19,24). The van der Waals surface area contributed by atoms with Gasteiger partial charge in [-0.3, -0.25) is 4.79 Å². The summed E-state index contributed by atoms with van der Waals surface area (Å²) in [6.07, 6.45) is 0. The molecule has 0 unspecified atom stereocenters. The molecule has 1 aromatic carbocycles. The fraction of sp³-hybridized carbons (Fsp3) is 0.278. The number of esters is 1. The summed E-state index contributed by atoms with van der Waals surface area (Å²) in [5.41, 5.74) is 1.52. The highest BCUT2D eigenvalue weighted by atomic mass is 32.2. The Kier molecular flexibility index (Phi) is 6.83. The molecule has 0 saturated carbocycles. The molecular weight excluding hydrogens is 414 g/mol. The van der Waals surface area contributed by atoms with Gasteiger partial charge in [0.05, 0.1) is 30.2 Å². The summed E-state index contributed by atoms with van der Waals surface area (Å²) in [6, 6.07) is 9.01. The van der Waals surface area contributed by atoms with Gasteiger partial charge in [0.1, 0.15) is 10.6 Å². The van der Waals surface area contributed by atoms with E-state index in [1.807, 2.05) is 12.1 Å². The molecule has 0 saturated heterocycles. The zero-order valence-corrected chi connectivity index (χ0v) is 17.7. The molecule has 0 spiro atoms. The van der Waals surface area contributed by atoms with Crippen LogP contribution in [0, 0.1) is 6.92 Å². The maximum atomic E-state index is 12.3. The van der Waals surface area contributed by atoms with Crippen LogP contribution in [-0.4, -0.2) is 51.6 Å². The molecule has 11 heteroatoms. The second kappa shape index (κ2) is 9.52. The van der Waals surface area contributed by atoms with Gasteiger partial charge in [0.25, 0.3) is 0 Å². The number of nitrogens with one attached hydrogen (secondary N) is 1. The quantitative estimate of drug-likeness (QED) is 0.427. The summed E-state index contributed by atoms with van der Waals surface area (Å²) in [6.45, 7) is 3.86. The minimum Gasteiger partial charge on any atom is -0.497 e. The number of carbonyl (C=O) groups is 2. The minimum atomic E-state index is -0.386. The molecule has 3 rings (SSSR count). The average molecular weight is 434 g/mol. The SMILES string of the molecule is CCOC(=O)c1sc(NC(=O)CSc2nnnn2-c2ccc(OC)cc2)cc1C. The topological polar surface area (TPSA) is 108 Å². The highest BCUT2D eigenvalue weighted by Crippen LogP contribution is 2.28. The summed E-state index contributed by atoms with van der Waals surface area (Å²) in [5, 5.41) is 15.5. The third-order valence-corrected chi connectivity index (χ3v) is 5.78. The van der Waals surface area contributed by atoms with Crippen LogP contribution in [0.3, 0.4) is 0 Å². The van der Waals surface area contributed by atoms with Gasteiger partial charge in [-0.05, 0) is 60.2 Å². The molecule has 1 N–H and O–H groups in total. The van der Waals surface area contributed by atoms with Gasteiger partial charge in [-0.2, -0.15) is 4.68 Å². The first-order valence-corrected chi connectivity index (χ1v) is 10.4. The van der Waals surface area contributed by atoms with E-state index in [9.17, 15) is 9.59 Å². The largest absolute Gasteiger partial charge is 0.497 e. The number of tetrazole rings is 1. The number of methoxy groups -OCH3 is 1. The first-order valence-electron chi connectivity index (χ1n) is 8.64. The molecule has 9 nitrogen and oxygen atoms in total. The number of carbonyl (C=O) groups excluding carboxylic acids is 2. The van der Waals surface area contributed by atoms with Crippen molar-refractivity contribution in [3.63, 3.8) is 0 Å². The number of hydrogen-bond donors (Lipinski definition) is 1. The molecule has 2 aromatic heterocycles. The Bertz CT molecular complexity index is 1000. The van der Waals surface area contributed by atoms with Crippen LogP contribution in [0.25, 0.3) is 5.69 Å². The van der Waals surface area contributed by atoms with Crippen molar-refractivity contribution in [3.05, 3.63) is 40.8 Å². The molecule has 3 aromatic rings. The van der Waals surface area contributed by atoms with Gasteiger partial charge in [0.15, 0.2) is 0 Å². The number of rotatable bonds is 8. The minimum absolute atomic E-state index is 0.113. The summed E-state index contributed by atoms with van der Waals surface area (Å²) < 4.78 is 11.7. The summed E-state index contributed by atoms with van der Waals surface area (Å²) in [5.74, 6) is 0.227. The van der Waals surface area contributed by atoms with E-state index in [1.54, 1.807) is 43.8 Å². The molecule has 0 bridgehead atoms.